The van der Waals surface area contributed by atoms with Gasteiger partial charge in [0.05, 0.1) is 0 Å². The molecule has 1 fully saturated rings. The number of amides is 1. The van der Waals surface area contributed by atoms with Crippen molar-refractivity contribution >= 4 is 11.9 Å². The molecule has 1 rings (SSSR count). The molecular weight excluding hydrogens is 260 g/mol. The summed E-state index contributed by atoms with van der Waals surface area (Å²) in [5.74, 6) is -1.29. The predicted molar refractivity (Wildman–Crippen MR) is 75.4 cm³/mol. The lowest BCUT2D eigenvalue weighted by Crippen LogP contribution is -2.51. The van der Waals surface area contributed by atoms with E-state index in [0.29, 0.717) is 13.1 Å². The van der Waals surface area contributed by atoms with E-state index in [1.807, 2.05) is 0 Å². The van der Waals surface area contributed by atoms with Crippen molar-refractivity contribution in [1.29, 1.82) is 0 Å². The third kappa shape index (κ3) is 5.88. The van der Waals surface area contributed by atoms with Crippen molar-refractivity contribution in [1.82, 2.24) is 9.80 Å². The number of piperazine rings is 1. The topological polar surface area (TPSA) is 59.1 Å². The zero-order chi connectivity index (χ0) is 15.2. The molecule has 0 atom stereocenters. The maximum absolute atomic E-state index is 12.0. The summed E-state index contributed by atoms with van der Waals surface area (Å²) in [5.41, 5.74) is -0.630. The normalized spacial score (nSPS) is 17.1. The number of rotatable bonds is 4. The van der Waals surface area contributed by atoms with Crippen LogP contribution in [0.2, 0.25) is 0 Å². The highest BCUT2D eigenvalue weighted by Crippen LogP contribution is 2.09. The average Bonchev–Trinajstić information content (AvgIpc) is 2.37. The Kier molecular flexibility index (Phi) is 6.42. The van der Waals surface area contributed by atoms with Gasteiger partial charge >= 0.3 is 11.9 Å². The molecule has 1 aliphatic heterocycles. The largest absolute Gasteiger partial charge is 0.453 e. The van der Waals surface area contributed by atoms with Gasteiger partial charge in [-0.1, -0.05) is 0 Å². The van der Waals surface area contributed by atoms with E-state index in [0.717, 1.165) is 32.7 Å². The molecule has 0 aromatic carbocycles. The second-order valence-electron chi connectivity index (χ2n) is 5.98. The van der Waals surface area contributed by atoms with Crippen LogP contribution in [0.15, 0.2) is 0 Å². The average molecular weight is 286 g/mol. The van der Waals surface area contributed by atoms with Crippen LogP contribution in [0.5, 0.6) is 0 Å². The van der Waals surface area contributed by atoms with Gasteiger partial charge in [-0.05, 0) is 27.2 Å². The van der Waals surface area contributed by atoms with E-state index in [9.17, 15) is 9.59 Å². The summed E-state index contributed by atoms with van der Waals surface area (Å²) >= 11 is 0. The number of esters is 1. The smallest absolute Gasteiger partial charge is 0.397 e. The monoisotopic (exact) mass is 286 g/mol. The summed E-state index contributed by atoms with van der Waals surface area (Å²) in [5, 5.41) is 0. The summed E-state index contributed by atoms with van der Waals surface area (Å²) in [6.45, 7) is 9.70. The fraction of sp³-hybridized carbons (Fsp3) is 0.857. The van der Waals surface area contributed by atoms with E-state index in [-0.39, 0.29) is 0 Å². The van der Waals surface area contributed by atoms with Gasteiger partial charge in [-0.3, -0.25) is 9.69 Å². The van der Waals surface area contributed by atoms with Gasteiger partial charge in [-0.25, -0.2) is 4.79 Å². The van der Waals surface area contributed by atoms with Crippen LogP contribution in [0, 0.1) is 0 Å². The van der Waals surface area contributed by atoms with Gasteiger partial charge in [0.1, 0.15) is 5.60 Å². The van der Waals surface area contributed by atoms with Crippen LogP contribution in [0.4, 0.5) is 0 Å². The number of ether oxygens (including phenoxy) is 2. The van der Waals surface area contributed by atoms with E-state index in [1.54, 1.807) is 32.8 Å². The van der Waals surface area contributed by atoms with Crippen molar-refractivity contribution in [3.63, 3.8) is 0 Å². The highest BCUT2D eigenvalue weighted by Gasteiger charge is 2.29. The Bertz CT molecular complexity index is 331. The molecular formula is C14H26N2O4. The molecule has 20 heavy (non-hydrogen) atoms. The molecule has 116 valence electrons. The molecule has 0 saturated carbocycles. The second kappa shape index (κ2) is 7.59. The van der Waals surface area contributed by atoms with Gasteiger partial charge < -0.3 is 14.4 Å². The van der Waals surface area contributed by atoms with E-state index < -0.39 is 17.5 Å². The maximum Gasteiger partial charge on any atom is 0.397 e. The molecule has 6 heteroatoms. The Balaban J connectivity index is 2.33. The van der Waals surface area contributed by atoms with Gasteiger partial charge in [0.2, 0.25) is 0 Å². The van der Waals surface area contributed by atoms with E-state index in [1.165, 1.54) is 0 Å². The van der Waals surface area contributed by atoms with Gasteiger partial charge in [0.25, 0.3) is 0 Å². The first kappa shape index (κ1) is 16.9. The lowest BCUT2D eigenvalue weighted by atomic mass is 10.2. The number of hydrogen-bond acceptors (Lipinski definition) is 5. The molecule has 6 nitrogen and oxygen atoms in total. The molecule has 0 unspecified atom stereocenters. The summed E-state index contributed by atoms with van der Waals surface area (Å²) in [6.07, 6.45) is 0.983. The number of hydrogen-bond donors (Lipinski definition) is 0. The van der Waals surface area contributed by atoms with Gasteiger partial charge in [-0.2, -0.15) is 0 Å². The minimum absolute atomic E-state index is 0.531. The standard InChI is InChI=1S/C14H26N2O4/c1-14(2,3)20-13(18)12(17)16-9-7-15(8-10-16)6-5-11-19-4/h5-11H2,1-4H3. The lowest BCUT2D eigenvalue weighted by Gasteiger charge is -2.34. The Morgan fingerprint density at radius 2 is 1.70 bits per heavy atom. The minimum atomic E-state index is -0.759. The summed E-state index contributed by atoms with van der Waals surface area (Å²) in [7, 11) is 1.69. The second-order valence-corrected chi connectivity index (χ2v) is 5.98. The van der Waals surface area contributed by atoms with Crippen LogP contribution >= 0.6 is 0 Å². The summed E-state index contributed by atoms with van der Waals surface area (Å²) < 4.78 is 10.1. The third-order valence-electron chi connectivity index (χ3n) is 3.06. The van der Waals surface area contributed by atoms with Crippen molar-refractivity contribution < 1.29 is 19.1 Å². The lowest BCUT2D eigenvalue weighted by molar-refractivity contribution is -0.168. The maximum atomic E-state index is 12.0. The first-order chi connectivity index (χ1) is 9.33. The van der Waals surface area contributed by atoms with Crippen LogP contribution in [-0.4, -0.2) is 73.7 Å². The predicted octanol–water partition coefficient (Wildman–Crippen LogP) is 0.509. The number of methoxy groups -OCH3 is 1. The summed E-state index contributed by atoms with van der Waals surface area (Å²) in [6, 6.07) is 0. The molecule has 0 aliphatic carbocycles. The Morgan fingerprint density at radius 3 is 2.20 bits per heavy atom. The molecule has 1 heterocycles. The Hall–Kier alpha value is -1.14. The van der Waals surface area contributed by atoms with Crippen LogP contribution in [-0.2, 0) is 19.1 Å². The molecule has 0 N–H and O–H groups in total. The first-order valence-electron chi connectivity index (χ1n) is 7.07. The Labute approximate surface area is 121 Å². The fourth-order valence-corrected chi connectivity index (χ4v) is 2.06. The van der Waals surface area contributed by atoms with Crippen molar-refractivity contribution in [2.24, 2.45) is 0 Å². The highest BCUT2D eigenvalue weighted by atomic mass is 16.6. The SMILES string of the molecule is COCCCN1CCN(C(=O)C(=O)OC(C)(C)C)CC1. The third-order valence-corrected chi connectivity index (χ3v) is 3.06. The van der Waals surface area contributed by atoms with Gasteiger partial charge in [0, 0.05) is 46.4 Å². The van der Waals surface area contributed by atoms with Crippen molar-refractivity contribution in [3.05, 3.63) is 0 Å². The number of carbonyl (C=O) groups is 2. The van der Waals surface area contributed by atoms with Crippen LogP contribution in [0.1, 0.15) is 27.2 Å². The number of nitrogens with zero attached hydrogens (tertiary/aromatic N) is 2. The molecule has 0 spiro atoms. The van der Waals surface area contributed by atoms with Crippen LogP contribution < -0.4 is 0 Å². The Morgan fingerprint density at radius 1 is 1.10 bits per heavy atom. The molecule has 1 amide bonds. The van der Waals surface area contributed by atoms with E-state index >= 15 is 0 Å². The van der Waals surface area contributed by atoms with Crippen molar-refractivity contribution in [3.8, 4) is 0 Å². The molecule has 0 aromatic heterocycles. The minimum Gasteiger partial charge on any atom is -0.453 e. The first-order valence-corrected chi connectivity index (χ1v) is 7.07. The van der Waals surface area contributed by atoms with E-state index in [2.05, 4.69) is 4.90 Å². The van der Waals surface area contributed by atoms with Crippen LogP contribution in [0.25, 0.3) is 0 Å². The van der Waals surface area contributed by atoms with Gasteiger partial charge in [0.15, 0.2) is 0 Å². The molecule has 0 radical (unpaired) electrons. The van der Waals surface area contributed by atoms with Crippen molar-refractivity contribution in [2.75, 3.05) is 46.4 Å². The van der Waals surface area contributed by atoms with Crippen LogP contribution in [0.3, 0.4) is 0 Å². The zero-order valence-electron chi connectivity index (χ0n) is 13.0. The number of carbonyl (C=O) groups excluding carboxylic acids is 2. The molecule has 0 bridgehead atoms. The van der Waals surface area contributed by atoms with Crippen molar-refractivity contribution in [2.45, 2.75) is 32.8 Å². The molecule has 0 aromatic rings. The van der Waals surface area contributed by atoms with E-state index in [4.69, 9.17) is 9.47 Å². The fourth-order valence-electron chi connectivity index (χ4n) is 2.06. The zero-order valence-corrected chi connectivity index (χ0v) is 13.0. The molecule has 1 aliphatic rings. The molecule has 1 saturated heterocycles. The summed E-state index contributed by atoms with van der Waals surface area (Å²) in [4.78, 5) is 27.5. The van der Waals surface area contributed by atoms with Gasteiger partial charge in [-0.15, -0.1) is 0 Å². The highest BCUT2D eigenvalue weighted by molar-refractivity contribution is 6.32. The quantitative estimate of drug-likeness (QED) is 0.428.